The van der Waals surface area contributed by atoms with Crippen LogP contribution in [-0.4, -0.2) is 4.98 Å². The number of aryl methyl sites for hydroxylation is 3. The molecule has 1 heterocycles. The first-order valence-corrected chi connectivity index (χ1v) is 5.65. The highest BCUT2D eigenvalue weighted by Crippen LogP contribution is 2.31. The fourth-order valence-electron chi connectivity index (χ4n) is 2.73. The summed E-state index contributed by atoms with van der Waals surface area (Å²) in [6, 6.07) is 6.52. The Bertz CT molecular complexity index is 541. The lowest BCUT2D eigenvalue weighted by Crippen LogP contribution is -1.95. The van der Waals surface area contributed by atoms with Crippen LogP contribution in [0.2, 0.25) is 0 Å². The first-order valence-electron chi connectivity index (χ1n) is 5.65. The van der Waals surface area contributed by atoms with Gasteiger partial charge in [0, 0.05) is 11.1 Å². The van der Waals surface area contributed by atoms with Crippen LogP contribution in [0, 0.1) is 13.8 Å². The van der Waals surface area contributed by atoms with Gasteiger partial charge in [0.2, 0.25) is 0 Å². The normalized spacial score (nSPS) is 14.5. The first kappa shape index (κ1) is 8.90. The Morgan fingerprint density at radius 2 is 1.87 bits per heavy atom. The molecule has 1 aromatic carbocycles. The summed E-state index contributed by atoms with van der Waals surface area (Å²) in [5, 5.41) is 1.38. The van der Waals surface area contributed by atoms with Crippen LogP contribution in [0.3, 0.4) is 0 Å². The van der Waals surface area contributed by atoms with Crippen LogP contribution in [0.4, 0.5) is 0 Å². The molecule has 15 heavy (non-hydrogen) atoms. The molecule has 0 atom stereocenters. The van der Waals surface area contributed by atoms with E-state index in [1.807, 2.05) is 0 Å². The molecule has 0 saturated carbocycles. The van der Waals surface area contributed by atoms with Crippen LogP contribution in [0.5, 0.6) is 0 Å². The summed E-state index contributed by atoms with van der Waals surface area (Å²) in [6.07, 6.45) is 3.75. The minimum atomic E-state index is 1.20. The number of hydrogen-bond donors (Lipinski definition) is 0. The summed E-state index contributed by atoms with van der Waals surface area (Å²) < 4.78 is 0. The summed E-state index contributed by atoms with van der Waals surface area (Å²) in [6.45, 7) is 4.30. The fraction of sp³-hybridized carbons (Fsp3) is 0.357. The molecule has 0 fully saturated rings. The average Bonchev–Trinajstić information content (AvgIpc) is 2.69. The largest absolute Gasteiger partial charge is 0.253 e. The maximum atomic E-state index is 4.75. The van der Waals surface area contributed by atoms with Crippen molar-refractivity contribution in [2.45, 2.75) is 33.1 Å². The Balaban J connectivity index is 2.48. The summed E-state index contributed by atoms with van der Waals surface area (Å²) in [7, 11) is 0. The van der Waals surface area contributed by atoms with Crippen molar-refractivity contribution in [2.24, 2.45) is 0 Å². The van der Waals surface area contributed by atoms with Crippen molar-refractivity contribution >= 4 is 10.9 Å². The van der Waals surface area contributed by atoms with Crippen LogP contribution in [-0.2, 0) is 12.8 Å². The van der Waals surface area contributed by atoms with Crippen LogP contribution >= 0.6 is 0 Å². The zero-order valence-corrected chi connectivity index (χ0v) is 9.30. The summed E-state index contributed by atoms with van der Waals surface area (Å²) in [4.78, 5) is 4.75. The fourth-order valence-corrected chi connectivity index (χ4v) is 2.73. The lowest BCUT2D eigenvalue weighted by atomic mass is 10.0. The zero-order valence-electron chi connectivity index (χ0n) is 9.30. The van der Waals surface area contributed by atoms with E-state index >= 15 is 0 Å². The van der Waals surface area contributed by atoms with E-state index in [-0.39, 0.29) is 0 Å². The predicted octanol–water partition coefficient (Wildman–Crippen LogP) is 3.34. The summed E-state index contributed by atoms with van der Waals surface area (Å²) >= 11 is 0. The van der Waals surface area contributed by atoms with E-state index in [1.165, 1.54) is 47.0 Å². The molecular weight excluding hydrogens is 182 g/mol. The molecule has 0 radical (unpaired) electrons. The van der Waals surface area contributed by atoms with Crippen LogP contribution in [0.25, 0.3) is 10.9 Å². The number of nitrogens with zero attached hydrogens (tertiary/aromatic N) is 1. The molecule has 0 unspecified atom stereocenters. The van der Waals surface area contributed by atoms with Gasteiger partial charge in [-0.3, -0.25) is 4.98 Å². The van der Waals surface area contributed by atoms with Crippen LogP contribution in [0.15, 0.2) is 18.2 Å². The maximum Gasteiger partial charge on any atom is 0.0737 e. The van der Waals surface area contributed by atoms with Crippen molar-refractivity contribution < 1.29 is 0 Å². The maximum absolute atomic E-state index is 4.75. The van der Waals surface area contributed by atoms with E-state index in [9.17, 15) is 0 Å². The number of rotatable bonds is 0. The van der Waals surface area contributed by atoms with Gasteiger partial charge in [0.05, 0.1) is 5.52 Å². The Hall–Kier alpha value is -1.37. The van der Waals surface area contributed by atoms with Gasteiger partial charge in [0.25, 0.3) is 0 Å². The summed E-state index contributed by atoms with van der Waals surface area (Å²) in [5.41, 5.74) is 6.81. The van der Waals surface area contributed by atoms with E-state index in [0.717, 1.165) is 0 Å². The van der Waals surface area contributed by atoms with Gasteiger partial charge in [-0.25, -0.2) is 0 Å². The molecule has 1 aliphatic rings. The Morgan fingerprint density at radius 1 is 1.07 bits per heavy atom. The predicted molar refractivity (Wildman–Crippen MR) is 63.2 cm³/mol. The molecule has 0 N–H and O–H groups in total. The third-order valence-corrected chi connectivity index (χ3v) is 3.50. The molecule has 0 saturated heterocycles. The third-order valence-electron chi connectivity index (χ3n) is 3.50. The number of benzene rings is 1. The van der Waals surface area contributed by atoms with Crippen molar-refractivity contribution in [3.8, 4) is 0 Å². The monoisotopic (exact) mass is 197 g/mol. The van der Waals surface area contributed by atoms with Gasteiger partial charge in [-0.15, -0.1) is 0 Å². The molecule has 2 aromatic rings. The lowest BCUT2D eigenvalue weighted by molar-refractivity contribution is 0.908. The van der Waals surface area contributed by atoms with Crippen molar-refractivity contribution in [1.82, 2.24) is 4.98 Å². The van der Waals surface area contributed by atoms with Gasteiger partial charge < -0.3 is 0 Å². The highest BCUT2D eigenvalue weighted by Gasteiger charge is 2.17. The van der Waals surface area contributed by atoms with Crippen molar-refractivity contribution in [3.63, 3.8) is 0 Å². The molecule has 3 rings (SSSR count). The van der Waals surface area contributed by atoms with Crippen LogP contribution < -0.4 is 0 Å². The van der Waals surface area contributed by atoms with Gasteiger partial charge >= 0.3 is 0 Å². The molecule has 0 spiro atoms. The SMILES string of the molecule is Cc1nc2c(C)cccc2c2c1CCC2. The second-order valence-corrected chi connectivity index (χ2v) is 4.48. The standard InChI is InChI=1S/C14H15N/c1-9-5-3-8-13-12-7-4-6-11(12)10(2)15-14(9)13/h3,5,8H,4,6-7H2,1-2H3. The topological polar surface area (TPSA) is 12.9 Å². The van der Waals surface area contributed by atoms with E-state index in [1.54, 1.807) is 5.56 Å². The van der Waals surface area contributed by atoms with Crippen molar-refractivity contribution in [3.05, 3.63) is 40.6 Å². The number of para-hydroxylation sites is 1. The number of hydrogen-bond acceptors (Lipinski definition) is 1. The average molecular weight is 197 g/mol. The Labute approximate surface area is 90.2 Å². The lowest BCUT2D eigenvalue weighted by Gasteiger charge is -2.09. The van der Waals surface area contributed by atoms with E-state index in [0.29, 0.717) is 0 Å². The molecule has 1 heteroatoms. The van der Waals surface area contributed by atoms with Crippen molar-refractivity contribution in [2.75, 3.05) is 0 Å². The Morgan fingerprint density at radius 3 is 2.73 bits per heavy atom. The molecule has 1 nitrogen and oxygen atoms in total. The van der Waals surface area contributed by atoms with Gasteiger partial charge in [-0.1, -0.05) is 18.2 Å². The van der Waals surface area contributed by atoms with Gasteiger partial charge in [-0.2, -0.15) is 0 Å². The minimum absolute atomic E-state index is 1.20. The first-order chi connectivity index (χ1) is 7.27. The minimum Gasteiger partial charge on any atom is -0.253 e. The van der Waals surface area contributed by atoms with Gasteiger partial charge in [0.1, 0.15) is 0 Å². The van der Waals surface area contributed by atoms with E-state index < -0.39 is 0 Å². The molecule has 0 aliphatic heterocycles. The molecule has 0 bridgehead atoms. The van der Waals surface area contributed by atoms with Gasteiger partial charge in [0.15, 0.2) is 0 Å². The second-order valence-electron chi connectivity index (χ2n) is 4.48. The molecule has 76 valence electrons. The van der Waals surface area contributed by atoms with Gasteiger partial charge in [-0.05, 0) is 49.8 Å². The zero-order chi connectivity index (χ0) is 10.4. The quantitative estimate of drug-likeness (QED) is 0.631. The van der Waals surface area contributed by atoms with Crippen LogP contribution in [0.1, 0.15) is 28.8 Å². The molecule has 1 aliphatic carbocycles. The van der Waals surface area contributed by atoms with E-state index in [2.05, 4.69) is 32.0 Å². The van der Waals surface area contributed by atoms with Crippen molar-refractivity contribution in [1.29, 1.82) is 0 Å². The molecular formula is C14H15N. The summed E-state index contributed by atoms with van der Waals surface area (Å²) in [5.74, 6) is 0. The number of fused-ring (bicyclic) bond motifs is 3. The second kappa shape index (κ2) is 3.06. The molecule has 1 aromatic heterocycles. The number of pyridine rings is 1. The highest BCUT2D eigenvalue weighted by atomic mass is 14.7. The third kappa shape index (κ3) is 1.19. The highest BCUT2D eigenvalue weighted by molar-refractivity contribution is 5.86. The Kier molecular flexibility index (Phi) is 1.82. The molecule has 0 amide bonds. The number of aromatic nitrogens is 1. The van der Waals surface area contributed by atoms with E-state index in [4.69, 9.17) is 4.98 Å². The smallest absolute Gasteiger partial charge is 0.0737 e.